The van der Waals surface area contributed by atoms with Crippen molar-refractivity contribution in [2.45, 2.75) is 19.1 Å². The van der Waals surface area contributed by atoms with Gasteiger partial charge in [0.25, 0.3) is 0 Å². The number of carbonyl (C=O) groups is 1. The second kappa shape index (κ2) is 10.3. The normalized spacial score (nSPS) is 15.8. The van der Waals surface area contributed by atoms with Gasteiger partial charge in [0.15, 0.2) is 5.82 Å². The molecule has 0 bridgehead atoms. The predicted octanol–water partition coefficient (Wildman–Crippen LogP) is 4.41. The summed E-state index contributed by atoms with van der Waals surface area (Å²) < 4.78 is 53.4. The minimum atomic E-state index is -4.66. The van der Waals surface area contributed by atoms with Gasteiger partial charge in [0.1, 0.15) is 11.6 Å². The third-order valence-corrected chi connectivity index (χ3v) is 5.77. The van der Waals surface area contributed by atoms with Crippen molar-refractivity contribution in [3.05, 3.63) is 71.7 Å². The largest absolute Gasteiger partial charge is 0.416 e. The SMILES string of the molecule is NCC1CCN(c2nc(-c3ccc(C(F)(F)F)cc3F)ncc2CNC(=O)Nc2ccccc2)C1. The summed E-state index contributed by atoms with van der Waals surface area (Å²) in [5.41, 5.74) is 5.79. The third-order valence-electron chi connectivity index (χ3n) is 5.77. The Morgan fingerprint density at radius 3 is 2.60 bits per heavy atom. The number of rotatable bonds is 6. The topological polar surface area (TPSA) is 96.2 Å². The molecule has 2 aromatic carbocycles. The summed E-state index contributed by atoms with van der Waals surface area (Å²) in [6.45, 7) is 1.85. The van der Waals surface area contributed by atoms with E-state index in [1.165, 1.54) is 6.20 Å². The van der Waals surface area contributed by atoms with E-state index in [1.54, 1.807) is 24.3 Å². The van der Waals surface area contributed by atoms with Gasteiger partial charge >= 0.3 is 12.2 Å². The average molecular weight is 488 g/mol. The number of hydrogen-bond acceptors (Lipinski definition) is 5. The fraction of sp³-hybridized carbons (Fsp3) is 0.292. The van der Waals surface area contributed by atoms with Crippen LogP contribution in [0.3, 0.4) is 0 Å². The lowest BCUT2D eigenvalue weighted by molar-refractivity contribution is -0.137. The molecular weight excluding hydrogens is 464 g/mol. The van der Waals surface area contributed by atoms with E-state index in [4.69, 9.17) is 5.73 Å². The minimum Gasteiger partial charge on any atom is -0.356 e. The first-order valence-electron chi connectivity index (χ1n) is 11.0. The highest BCUT2D eigenvalue weighted by atomic mass is 19.4. The maximum Gasteiger partial charge on any atom is 0.416 e. The maximum atomic E-state index is 14.6. The molecule has 2 amide bonds. The number of amides is 2. The Balaban J connectivity index is 1.59. The van der Waals surface area contributed by atoms with Crippen molar-refractivity contribution in [2.75, 3.05) is 29.9 Å². The van der Waals surface area contributed by atoms with E-state index in [2.05, 4.69) is 20.6 Å². The average Bonchev–Trinajstić information content (AvgIpc) is 3.32. The lowest BCUT2D eigenvalue weighted by Crippen LogP contribution is -2.30. The first kappa shape index (κ1) is 24.4. The molecule has 7 nitrogen and oxygen atoms in total. The van der Waals surface area contributed by atoms with Crippen LogP contribution in [-0.2, 0) is 12.7 Å². The quantitative estimate of drug-likeness (QED) is 0.447. The molecule has 11 heteroatoms. The zero-order chi connectivity index (χ0) is 25.0. The molecule has 1 aliphatic heterocycles. The number of halogens is 4. The Bertz CT molecular complexity index is 1190. The Hall–Kier alpha value is -3.73. The summed E-state index contributed by atoms with van der Waals surface area (Å²) in [6.07, 6.45) is -2.37. The van der Waals surface area contributed by atoms with Gasteiger partial charge in [0.2, 0.25) is 0 Å². The van der Waals surface area contributed by atoms with E-state index in [0.717, 1.165) is 18.6 Å². The van der Waals surface area contributed by atoms with Crippen molar-refractivity contribution in [1.29, 1.82) is 0 Å². The van der Waals surface area contributed by atoms with Crippen LogP contribution in [0.2, 0.25) is 0 Å². The van der Waals surface area contributed by atoms with Gasteiger partial charge in [-0.3, -0.25) is 0 Å². The molecule has 35 heavy (non-hydrogen) atoms. The molecule has 4 rings (SSSR count). The highest BCUT2D eigenvalue weighted by Crippen LogP contribution is 2.33. The molecule has 3 aromatic rings. The van der Waals surface area contributed by atoms with Crippen LogP contribution in [0.4, 0.5) is 33.9 Å². The Kier molecular flexibility index (Phi) is 7.15. The molecule has 1 atom stereocenters. The number of carbonyl (C=O) groups excluding carboxylic acids is 1. The number of urea groups is 1. The van der Waals surface area contributed by atoms with E-state index < -0.39 is 23.6 Å². The lowest BCUT2D eigenvalue weighted by Gasteiger charge is -2.22. The lowest BCUT2D eigenvalue weighted by atomic mass is 10.1. The van der Waals surface area contributed by atoms with Crippen molar-refractivity contribution >= 4 is 17.5 Å². The van der Waals surface area contributed by atoms with E-state index >= 15 is 0 Å². The van der Waals surface area contributed by atoms with E-state index in [1.807, 2.05) is 11.0 Å². The van der Waals surface area contributed by atoms with E-state index in [-0.39, 0.29) is 23.9 Å². The minimum absolute atomic E-state index is 0.0417. The number of anilines is 2. The molecule has 0 saturated carbocycles. The second-order valence-electron chi connectivity index (χ2n) is 8.24. The van der Waals surface area contributed by atoms with Crippen molar-refractivity contribution in [3.8, 4) is 11.4 Å². The number of hydrogen-bond donors (Lipinski definition) is 3. The summed E-state index contributed by atoms with van der Waals surface area (Å²) in [6, 6.07) is 10.7. The van der Waals surface area contributed by atoms with Gasteiger partial charge in [-0.15, -0.1) is 0 Å². The number of nitrogens with one attached hydrogen (secondary N) is 2. The Morgan fingerprint density at radius 2 is 1.94 bits per heavy atom. The van der Waals surface area contributed by atoms with Crippen molar-refractivity contribution in [2.24, 2.45) is 11.7 Å². The molecule has 1 fully saturated rings. The van der Waals surface area contributed by atoms with Crippen LogP contribution in [0.5, 0.6) is 0 Å². The van der Waals surface area contributed by atoms with Gasteiger partial charge in [-0.1, -0.05) is 18.2 Å². The van der Waals surface area contributed by atoms with Crippen molar-refractivity contribution < 1.29 is 22.4 Å². The Morgan fingerprint density at radius 1 is 1.17 bits per heavy atom. The number of nitrogens with zero attached hydrogens (tertiary/aromatic N) is 3. The van der Waals surface area contributed by atoms with Crippen LogP contribution < -0.4 is 21.3 Å². The summed E-state index contributed by atoms with van der Waals surface area (Å²) >= 11 is 0. The smallest absolute Gasteiger partial charge is 0.356 e. The van der Waals surface area contributed by atoms with Gasteiger partial charge in [0.05, 0.1) is 11.1 Å². The molecule has 0 spiro atoms. The fourth-order valence-electron chi connectivity index (χ4n) is 3.89. The first-order chi connectivity index (χ1) is 16.7. The predicted molar refractivity (Wildman–Crippen MR) is 124 cm³/mol. The van der Waals surface area contributed by atoms with Crippen LogP contribution in [0.25, 0.3) is 11.4 Å². The summed E-state index contributed by atoms with van der Waals surface area (Å²) in [5.74, 6) is -0.385. The standard InChI is InChI=1S/C24H24F4N6O/c25-20-10-17(24(26,27)28)6-7-19(20)21-30-12-16(22(33-21)34-9-8-15(11-29)14-34)13-31-23(35)32-18-4-2-1-3-5-18/h1-7,10,12,15H,8-9,11,13-14,29H2,(H2,31,32,35). The second-order valence-corrected chi connectivity index (χ2v) is 8.24. The highest BCUT2D eigenvalue weighted by molar-refractivity contribution is 5.89. The first-order valence-corrected chi connectivity index (χ1v) is 11.0. The summed E-state index contributed by atoms with van der Waals surface area (Å²) in [4.78, 5) is 23.0. The molecule has 184 valence electrons. The number of para-hydroxylation sites is 1. The number of benzene rings is 2. The van der Waals surface area contributed by atoms with Crippen LogP contribution >= 0.6 is 0 Å². The van der Waals surface area contributed by atoms with Crippen LogP contribution in [0.1, 0.15) is 17.5 Å². The molecule has 0 radical (unpaired) electrons. The van der Waals surface area contributed by atoms with Gasteiger partial charge in [-0.05, 0) is 49.2 Å². The maximum absolute atomic E-state index is 14.6. The molecule has 0 aliphatic carbocycles. The Labute approximate surface area is 199 Å². The number of nitrogens with two attached hydrogens (primary N) is 1. The van der Waals surface area contributed by atoms with Gasteiger partial charge in [0, 0.05) is 37.1 Å². The van der Waals surface area contributed by atoms with Crippen molar-refractivity contribution in [3.63, 3.8) is 0 Å². The highest BCUT2D eigenvalue weighted by Gasteiger charge is 2.32. The van der Waals surface area contributed by atoms with Gasteiger partial charge in [-0.25, -0.2) is 19.2 Å². The summed E-state index contributed by atoms with van der Waals surface area (Å²) in [7, 11) is 0. The fourth-order valence-corrected chi connectivity index (χ4v) is 3.89. The van der Waals surface area contributed by atoms with E-state index in [9.17, 15) is 22.4 Å². The molecule has 1 unspecified atom stereocenters. The zero-order valence-electron chi connectivity index (χ0n) is 18.6. The molecule has 1 aliphatic rings. The number of alkyl halides is 3. The van der Waals surface area contributed by atoms with Crippen LogP contribution in [0.15, 0.2) is 54.7 Å². The zero-order valence-corrected chi connectivity index (χ0v) is 18.6. The van der Waals surface area contributed by atoms with Gasteiger partial charge in [-0.2, -0.15) is 13.2 Å². The van der Waals surface area contributed by atoms with Crippen molar-refractivity contribution in [1.82, 2.24) is 15.3 Å². The van der Waals surface area contributed by atoms with Crippen LogP contribution in [0, 0.1) is 11.7 Å². The van der Waals surface area contributed by atoms with E-state index in [0.29, 0.717) is 42.8 Å². The molecule has 4 N–H and O–H groups in total. The van der Waals surface area contributed by atoms with Crippen LogP contribution in [-0.4, -0.2) is 35.6 Å². The molecule has 2 heterocycles. The third kappa shape index (κ3) is 5.86. The summed E-state index contributed by atoms with van der Waals surface area (Å²) in [5, 5.41) is 5.47. The monoisotopic (exact) mass is 488 g/mol. The molecular formula is C24H24F4N6O. The molecule has 1 saturated heterocycles. The molecule has 1 aromatic heterocycles. The number of aromatic nitrogens is 2. The van der Waals surface area contributed by atoms with Gasteiger partial charge < -0.3 is 21.3 Å².